The third-order valence-electron chi connectivity index (χ3n) is 2.61. The largest absolute Gasteiger partial charge is 0.467 e. The molecule has 86 valence electrons. The van der Waals surface area contributed by atoms with Gasteiger partial charge < -0.3 is 14.6 Å². The molecule has 1 aromatic heterocycles. The number of amides is 2. The Hall–Kier alpha value is -1.78. The van der Waals surface area contributed by atoms with Crippen molar-refractivity contribution >= 4 is 11.8 Å². The molecule has 16 heavy (non-hydrogen) atoms. The highest BCUT2D eigenvalue weighted by atomic mass is 16.3. The van der Waals surface area contributed by atoms with Crippen LogP contribution in [0.5, 0.6) is 0 Å². The summed E-state index contributed by atoms with van der Waals surface area (Å²) in [6.45, 7) is 2.34. The Balaban J connectivity index is 2.08. The van der Waals surface area contributed by atoms with Gasteiger partial charge in [0.2, 0.25) is 11.8 Å². The van der Waals surface area contributed by atoms with Crippen LogP contribution in [0.3, 0.4) is 0 Å². The Morgan fingerprint density at radius 1 is 1.56 bits per heavy atom. The van der Waals surface area contributed by atoms with Gasteiger partial charge in [0.15, 0.2) is 0 Å². The molecule has 0 aliphatic carbocycles. The van der Waals surface area contributed by atoms with Gasteiger partial charge in [-0.2, -0.15) is 0 Å². The highest BCUT2D eigenvalue weighted by Crippen LogP contribution is 2.11. The number of rotatable bonds is 3. The summed E-state index contributed by atoms with van der Waals surface area (Å²) >= 11 is 0. The van der Waals surface area contributed by atoms with E-state index < -0.39 is 6.04 Å². The van der Waals surface area contributed by atoms with E-state index in [2.05, 4.69) is 5.32 Å². The number of hydrogen-bond acceptors (Lipinski definition) is 3. The van der Waals surface area contributed by atoms with Gasteiger partial charge >= 0.3 is 0 Å². The lowest BCUT2D eigenvalue weighted by atomic mass is 10.1. The molecule has 1 aliphatic heterocycles. The molecule has 2 amide bonds. The van der Waals surface area contributed by atoms with Gasteiger partial charge in [-0.05, 0) is 18.6 Å². The SMILES string of the molecule is CCC1NC(=O)CN(Cc2ccco2)C1=O. The Kier molecular flexibility index (Phi) is 2.94. The molecule has 1 N–H and O–H groups in total. The Morgan fingerprint density at radius 2 is 2.38 bits per heavy atom. The van der Waals surface area contributed by atoms with E-state index in [1.807, 2.05) is 6.92 Å². The van der Waals surface area contributed by atoms with Gasteiger partial charge in [0.05, 0.1) is 12.8 Å². The minimum Gasteiger partial charge on any atom is -0.467 e. The van der Waals surface area contributed by atoms with E-state index in [0.717, 1.165) is 0 Å². The van der Waals surface area contributed by atoms with Crippen molar-refractivity contribution < 1.29 is 14.0 Å². The quantitative estimate of drug-likeness (QED) is 0.810. The van der Waals surface area contributed by atoms with Crippen LogP contribution in [0.2, 0.25) is 0 Å². The third kappa shape index (κ3) is 2.08. The summed E-state index contributed by atoms with van der Waals surface area (Å²) in [4.78, 5) is 24.8. The van der Waals surface area contributed by atoms with E-state index in [4.69, 9.17) is 4.42 Å². The lowest BCUT2D eigenvalue weighted by Crippen LogP contribution is -2.57. The second-order valence-electron chi connectivity index (χ2n) is 3.80. The van der Waals surface area contributed by atoms with Crippen molar-refractivity contribution in [1.82, 2.24) is 10.2 Å². The standard InChI is InChI=1S/C11H14N2O3/c1-2-9-11(15)13(7-10(14)12-9)6-8-4-3-5-16-8/h3-5,9H,2,6-7H2,1H3,(H,12,14). The first kappa shape index (κ1) is 10.7. The maximum Gasteiger partial charge on any atom is 0.246 e. The highest BCUT2D eigenvalue weighted by Gasteiger charge is 2.31. The molecule has 1 unspecified atom stereocenters. The highest BCUT2D eigenvalue weighted by molar-refractivity contribution is 5.94. The Labute approximate surface area is 93.4 Å². The van der Waals surface area contributed by atoms with E-state index in [1.165, 1.54) is 4.90 Å². The van der Waals surface area contributed by atoms with Gasteiger partial charge in [-0.1, -0.05) is 6.92 Å². The second kappa shape index (κ2) is 4.38. The van der Waals surface area contributed by atoms with Gasteiger partial charge in [-0.25, -0.2) is 0 Å². The second-order valence-corrected chi connectivity index (χ2v) is 3.80. The van der Waals surface area contributed by atoms with Crippen LogP contribution in [-0.2, 0) is 16.1 Å². The molecule has 0 saturated carbocycles. The smallest absolute Gasteiger partial charge is 0.246 e. The fraction of sp³-hybridized carbons (Fsp3) is 0.455. The molecule has 2 heterocycles. The maximum atomic E-state index is 11.9. The number of hydrogen-bond donors (Lipinski definition) is 1. The lowest BCUT2D eigenvalue weighted by molar-refractivity contribution is -0.145. The zero-order chi connectivity index (χ0) is 11.5. The summed E-state index contributed by atoms with van der Waals surface area (Å²) in [5, 5.41) is 2.66. The molecule has 0 aromatic carbocycles. The molecule has 0 bridgehead atoms. The number of nitrogens with one attached hydrogen (secondary N) is 1. The average molecular weight is 222 g/mol. The fourth-order valence-electron chi connectivity index (χ4n) is 1.77. The summed E-state index contributed by atoms with van der Waals surface area (Å²) in [6.07, 6.45) is 2.17. The number of piperazine rings is 1. The molecular weight excluding hydrogens is 208 g/mol. The molecule has 2 rings (SSSR count). The van der Waals surface area contributed by atoms with Crippen molar-refractivity contribution in [2.75, 3.05) is 6.54 Å². The number of carbonyl (C=O) groups is 2. The van der Waals surface area contributed by atoms with Crippen molar-refractivity contribution in [1.29, 1.82) is 0 Å². The summed E-state index contributed by atoms with van der Waals surface area (Å²) in [7, 11) is 0. The third-order valence-corrected chi connectivity index (χ3v) is 2.61. The summed E-state index contributed by atoms with van der Waals surface area (Å²) in [5.74, 6) is 0.536. The first-order valence-electron chi connectivity index (χ1n) is 5.31. The van der Waals surface area contributed by atoms with E-state index in [9.17, 15) is 9.59 Å². The van der Waals surface area contributed by atoms with Gasteiger partial charge in [-0.3, -0.25) is 9.59 Å². The minimum atomic E-state index is -0.392. The molecule has 1 aromatic rings. The van der Waals surface area contributed by atoms with Crippen LogP contribution in [0.4, 0.5) is 0 Å². The minimum absolute atomic E-state index is 0.0431. The first-order valence-corrected chi connectivity index (χ1v) is 5.31. The summed E-state index contributed by atoms with van der Waals surface area (Å²) in [5.41, 5.74) is 0. The van der Waals surface area contributed by atoms with Crippen LogP contribution in [0.1, 0.15) is 19.1 Å². The number of carbonyl (C=O) groups excluding carboxylic acids is 2. The van der Waals surface area contributed by atoms with Gasteiger partial charge in [-0.15, -0.1) is 0 Å². The van der Waals surface area contributed by atoms with Crippen LogP contribution < -0.4 is 5.32 Å². The van der Waals surface area contributed by atoms with Crippen LogP contribution >= 0.6 is 0 Å². The molecule has 0 radical (unpaired) electrons. The van der Waals surface area contributed by atoms with Crippen molar-refractivity contribution in [3.63, 3.8) is 0 Å². The number of furan rings is 1. The normalized spacial score (nSPS) is 21.1. The molecule has 0 spiro atoms. The van der Waals surface area contributed by atoms with Crippen LogP contribution in [0.15, 0.2) is 22.8 Å². The van der Waals surface area contributed by atoms with E-state index in [-0.39, 0.29) is 18.4 Å². The van der Waals surface area contributed by atoms with Crippen LogP contribution in [0, 0.1) is 0 Å². The van der Waals surface area contributed by atoms with E-state index in [0.29, 0.717) is 18.7 Å². The molecule has 1 fully saturated rings. The van der Waals surface area contributed by atoms with Gasteiger partial charge in [0.25, 0.3) is 0 Å². The van der Waals surface area contributed by atoms with Crippen molar-refractivity contribution in [2.45, 2.75) is 25.9 Å². The fourth-order valence-corrected chi connectivity index (χ4v) is 1.77. The Morgan fingerprint density at radius 3 is 3.00 bits per heavy atom. The van der Waals surface area contributed by atoms with E-state index >= 15 is 0 Å². The van der Waals surface area contributed by atoms with E-state index in [1.54, 1.807) is 18.4 Å². The maximum absolute atomic E-state index is 11.9. The van der Waals surface area contributed by atoms with Crippen LogP contribution in [-0.4, -0.2) is 29.3 Å². The predicted octanol–water partition coefficient (Wildman–Crippen LogP) is 0.517. The molecule has 1 atom stereocenters. The van der Waals surface area contributed by atoms with Crippen molar-refractivity contribution in [3.05, 3.63) is 24.2 Å². The van der Waals surface area contributed by atoms with Crippen molar-refractivity contribution in [3.8, 4) is 0 Å². The predicted molar refractivity (Wildman–Crippen MR) is 56.3 cm³/mol. The van der Waals surface area contributed by atoms with Gasteiger partial charge in [0, 0.05) is 0 Å². The topological polar surface area (TPSA) is 62.6 Å². The zero-order valence-electron chi connectivity index (χ0n) is 9.10. The summed E-state index contributed by atoms with van der Waals surface area (Å²) in [6, 6.07) is 3.17. The van der Waals surface area contributed by atoms with Crippen LogP contribution in [0.25, 0.3) is 0 Å². The molecule has 1 aliphatic rings. The average Bonchev–Trinajstić information content (AvgIpc) is 2.75. The lowest BCUT2D eigenvalue weighted by Gasteiger charge is -2.31. The Bertz CT molecular complexity index is 386. The molecule has 5 nitrogen and oxygen atoms in total. The summed E-state index contributed by atoms with van der Waals surface area (Å²) < 4.78 is 5.16. The molecular formula is C11H14N2O3. The number of nitrogens with zero attached hydrogens (tertiary/aromatic N) is 1. The molecule has 5 heteroatoms. The zero-order valence-corrected chi connectivity index (χ0v) is 9.10. The monoisotopic (exact) mass is 222 g/mol. The van der Waals surface area contributed by atoms with Crippen molar-refractivity contribution in [2.24, 2.45) is 0 Å². The van der Waals surface area contributed by atoms with Gasteiger partial charge in [0.1, 0.15) is 18.3 Å². The first-order chi connectivity index (χ1) is 7.70. The molecule has 1 saturated heterocycles.